The Labute approximate surface area is 90.7 Å². The monoisotopic (exact) mass is 223 g/mol. The van der Waals surface area contributed by atoms with Gasteiger partial charge in [0.2, 0.25) is 5.95 Å². The second-order valence-corrected chi connectivity index (χ2v) is 3.34. The Morgan fingerprint density at radius 2 is 2.13 bits per heavy atom. The minimum atomic E-state index is -0.598. The highest BCUT2D eigenvalue weighted by atomic mass is 35.5. The second-order valence-electron chi connectivity index (χ2n) is 2.93. The van der Waals surface area contributed by atoms with E-state index in [1.165, 1.54) is 12.3 Å². The van der Waals surface area contributed by atoms with Crippen LogP contribution in [0.2, 0.25) is 5.02 Å². The van der Waals surface area contributed by atoms with Gasteiger partial charge in [0.15, 0.2) is 0 Å². The van der Waals surface area contributed by atoms with Crippen LogP contribution in [0, 0.1) is 5.95 Å². The van der Waals surface area contributed by atoms with Crippen LogP contribution in [-0.4, -0.2) is 9.97 Å². The first-order valence-corrected chi connectivity index (χ1v) is 4.58. The van der Waals surface area contributed by atoms with Crippen LogP contribution >= 0.6 is 11.6 Å². The molecule has 0 amide bonds. The Hall–Kier alpha value is -1.68. The van der Waals surface area contributed by atoms with Crippen molar-refractivity contribution in [2.24, 2.45) is 0 Å². The second kappa shape index (κ2) is 3.82. The quantitative estimate of drug-likeness (QED) is 0.756. The highest BCUT2D eigenvalue weighted by molar-refractivity contribution is 6.33. The maximum absolute atomic E-state index is 12.9. The van der Waals surface area contributed by atoms with Gasteiger partial charge in [-0.1, -0.05) is 17.7 Å². The lowest BCUT2D eigenvalue weighted by Crippen LogP contribution is -1.93. The van der Waals surface area contributed by atoms with Gasteiger partial charge in [0.05, 0.1) is 10.7 Å². The Kier molecular flexibility index (Phi) is 2.51. The van der Waals surface area contributed by atoms with Crippen LogP contribution < -0.4 is 5.73 Å². The molecular formula is C10H7ClFN3. The zero-order valence-electron chi connectivity index (χ0n) is 7.61. The van der Waals surface area contributed by atoms with Crippen LogP contribution in [0.15, 0.2) is 30.5 Å². The number of anilines is 1. The summed E-state index contributed by atoms with van der Waals surface area (Å²) in [6, 6.07) is 6.31. The standard InChI is InChI=1S/C10H7ClFN3/c11-7-5-14-9(12)4-6(7)8-2-1-3-10(13)15-8/h1-5H,(H2,13,15). The van der Waals surface area contributed by atoms with E-state index in [0.717, 1.165) is 0 Å². The Morgan fingerprint density at radius 3 is 2.87 bits per heavy atom. The molecule has 0 saturated carbocycles. The number of pyridine rings is 2. The number of nitrogen functional groups attached to an aromatic ring is 1. The van der Waals surface area contributed by atoms with Crippen molar-refractivity contribution in [3.8, 4) is 11.3 Å². The summed E-state index contributed by atoms with van der Waals surface area (Å²) in [6.07, 6.45) is 1.25. The molecule has 0 bridgehead atoms. The predicted molar refractivity (Wildman–Crippen MR) is 56.8 cm³/mol. The molecule has 2 N–H and O–H groups in total. The van der Waals surface area contributed by atoms with E-state index in [4.69, 9.17) is 17.3 Å². The summed E-state index contributed by atoms with van der Waals surface area (Å²) in [5.41, 5.74) is 6.53. The molecule has 15 heavy (non-hydrogen) atoms. The molecule has 0 fully saturated rings. The molecule has 2 aromatic heterocycles. The van der Waals surface area contributed by atoms with Gasteiger partial charge in [-0.3, -0.25) is 0 Å². The lowest BCUT2D eigenvalue weighted by Gasteiger charge is -2.03. The van der Waals surface area contributed by atoms with E-state index in [0.29, 0.717) is 22.1 Å². The fourth-order valence-corrected chi connectivity index (χ4v) is 1.41. The van der Waals surface area contributed by atoms with Crippen molar-refractivity contribution in [2.45, 2.75) is 0 Å². The minimum absolute atomic E-state index is 0.342. The maximum Gasteiger partial charge on any atom is 0.213 e. The van der Waals surface area contributed by atoms with Crippen molar-refractivity contribution in [1.29, 1.82) is 0 Å². The number of aromatic nitrogens is 2. The first kappa shape index (κ1) is 9.86. The summed E-state index contributed by atoms with van der Waals surface area (Å²) in [6.45, 7) is 0. The van der Waals surface area contributed by atoms with Crippen molar-refractivity contribution in [3.05, 3.63) is 41.4 Å². The van der Waals surface area contributed by atoms with Crippen LogP contribution in [0.1, 0.15) is 0 Å². The molecule has 3 nitrogen and oxygen atoms in total. The number of nitrogens with zero attached hydrogens (tertiary/aromatic N) is 2. The van der Waals surface area contributed by atoms with Crippen molar-refractivity contribution >= 4 is 17.4 Å². The lowest BCUT2D eigenvalue weighted by atomic mass is 10.2. The minimum Gasteiger partial charge on any atom is -0.384 e. The Bertz CT molecular complexity index is 502. The van der Waals surface area contributed by atoms with Gasteiger partial charge in [-0.15, -0.1) is 0 Å². The fraction of sp³-hybridized carbons (Fsp3) is 0. The molecule has 0 atom stereocenters. The molecule has 0 aliphatic heterocycles. The van der Waals surface area contributed by atoms with Gasteiger partial charge >= 0.3 is 0 Å². The number of nitrogens with two attached hydrogens (primary N) is 1. The largest absolute Gasteiger partial charge is 0.384 e. The van der Waals surface area contributed by atoms with E-state index in [1.54, 1.807) is 18.2 Å². The summed E-state index contributed by atoms with van der Waals surface area (Å²) in [5.74, 6) is -0.237. The normalized spacial score (nSPS) is 10.3. The molecular weight excluding hydrogens is 217 g/mol. The average molecular weight is 224 g/mol. The summed E-state index contributed by atoms with van der Waals surface area (Å²) >= 11 is 5.87. The Morgan fingerprint density at radius 1 is 1.33 bits per heavy atom. The van der Waals surface area contributed by atoms with Gasteiger partial charge in [0, 0.05) is 17.8 Å². The molecule has 0 unspecified atom stereocenters. The van der Waals surface area contributed by atoms with Crippen LogP contribution in [0.3, 0.4) is 0 Å². The maximum atomic E-state index is 12.9. The van der Waals surface area contributed by atoms with Gasteiger partial charge in [-0.25, -0.2) is 9.97 Å². The SMILES string of the molecule is Nc1cccc(-c2cc(F)ncc2Cl)n1. The molecule has 0 aliphatic carbocycles. The molecule has 0 aliphatic rings. The third kappa shape index (κ3) is 2.05. The molecule has 0 spiro atoms. The smallest absolute Gasteiger partial charge is 0.213 e. The van der Waals surface area contributed by atoms with E-state index in [2.05, 4.69) is 9.97 Å². The zero-order chi connectivity index (χ0) is 10.8. The molecule has 0 aromatic carbocycles. The third-order valence-electron chi connectivity index (χ3n) is 1.87. The zero-order valence-corrected chi connectivity index (χ0v) is 8.37. The van der Waals surface area contributed by atoms with Crippen molar-refractivity contribution in [3.63, 3.8) is 0 Å². The van der Waals surface area contributed by atoms with E-state index in [-0.39, 0.29) is 0 Å². The van der Waals surface area contributed by atoms with Crippen molar-refractivity contribution in [1.82, 2.24) is 9.97 Å². The number of hydrogen-bond acceptors (Lipinski definition) is 3. The molecule has 2 heterocycles. The van der Waals surface area contributed by atoms with Crippen LogP contribution in [0.5, 0.6) is 0 Å². The number of rotatable bonds is 1. The van der Waals surface area contributed by atoms with E-state index in [1.807, 2.05) is 0 Å². The first-order valence-electron chi connectivity index (χ1n) is 4.21. The molecule has 0 radical (unpaired) electrons. The van der Waals surface area contributed by atoms with Gasteiger partial charge in [0.25, 0.3) is 0 Å². The van der Waals surface area contributed by atoms with E-state index < -0.39 is 5.95 Å². The number of hydrogen-bond donors (Lipinski definition) is 1. The molecule has 5 heteroatoms. The van der Waals surface area contributed by atoms with Gasteiger partial charge < -0.3 is 5.73 Å². The lowest BCUT2D eigenvalue weighted by molar-refractivity contribution is 0.584. The van der Waals surface area contributed by atoms with Crippen LogP contribution in [0.4, 0.5) is 10.2 Å². The topological polar surface area (TPSA) is 51.8 Å². The molecule has 76 valence electrons. The van der Waals surface area contributed by atoms with Crippen molar-refractivity contribution < 1.29 is 4.39 Å². The Balaban J connectivity index is 2.58. The first-order chi connectivity index (χ1) is 7.16. The number of halogens is 2. The fourth-order valence-electron chi connectivity index (χ4n) is 1.21. The third-order valence-corrected chi connectivity index (χ3v) is 2.17. The molecule has 0 saturated heterocycles. The summed E-state index contributed by atoms with van der Waals surface area (Å²) in [5, 5.41) is 0.342. The van der Waals surface area contributed by atoms with Gasteiger partial charge in [-0.2, -0.15) is 4.39 Å². The highest BCUT2D eigenvalue weighted by Crippen LogP contribution is 2.26. The summed E-state index contributed by atoms with van der Waals surface area (Å²) < 4.78 is 12.9. The van der Waals surface area contributed by atoms with E-state index in [9.17, 15) is 4.39 Å². The molecule has 2 rings (SSSR count). The summed E-state index contributed by atoms with van der Waals surface area (Å²) in [4.78, 5) is 7.47. The highest BCUT2D eigenvalue weighted by Gasteiger charge is 2.07. The predicted octanol–water partition coefficient (Wildman–Crippen LogP) is 2.52. The van der Waals surface area contributed by atoms with Gasteiger partial charge in [0.1, 0.15) is 5.82 Å². The summed E-state index contributed by atoms with van der Waals surface area (Å²) in [7, 11) is 0. The van der Waals surface area contributed by atoms with Crippen molar-refractivity contribution in [2.75, 3.05) is 5.73 Å². The van der Waals surface area contributed by atoms with Crippen LogP contribution in [-0.2, 0) is 0 Å². The average Bonchev–Trinajstić information content (AvgIpc) is 2.22. The van der Waals surface area contributed by atoms with Gasteiger partial charge in [-0.05, 0) is 12.1 Å². The molecule has 2 aromatic rings. The van der Waals surface area contributed by atoms with E-state index >= 15 is 0 Å². The van der Waals surface area contributed by atoms with Crippen LogP contribution in [0.25, 0.3) is 11.3 Å².